The van der Waals surface area contributed by atoms with E-state index in [0.717, 1.165) is 11.1 Å². The van der Waals surface area contributed by atoms with E-state index in [1.165, 1.54) is 12.1 Å². The number of nitrogens with zero attached hydrogens (tertiary/aromatic N) is 1. The van der Waals surface area contributed by atoms with Crippen LogP contribution in [-0.4, -0.2) is 41.8 Å². The van der Waals surface area contributed by atoms with Gasteiger partial charge >= 0.3 is 5.97 Å². The third-order valence-electron chi connectivity index (χ3n) is 3.20. The van der Waals surface area contributed by atoms with Crippen molar-refractivity contribution in [1.82, 2.24) is 4.90 Å². The first-order valence-corrected chi connectivity index (χ1v) is 5.87. The standard InChI is InChI=1S/C13H16FNO3/c1-9-6-11(14)3-2-10(9)7-15-4-5-18-8-12(15)13(16)17/h2-3,6,12H,4-5,7-8H2,1H3,(H,16,17). The van der Waals surface area contributed by atoms with E-state index in [0.29, 0.717) is 19.7 Å². The average Bonchev–Trinajstić information content (AvgIpc) is 2.33. The molecule has 0 radical (unpaired) electrons. The highest BCUT2D eigenvalue weighted by molar-refractivity contribution is 5.73. The van der Waals surface area contributed by atoms with Crippen molar-refractivity contribution in [3.63, 3.8) is 0 Å². The van der Waals surface area contributed by atoms with E-state index in [1.807, 2.05) is 11.8 Å². The molecule has 1 aliphatic rings. The van der Waals surface area contributed by atoms with Crippen LogP contribution in [0.1, 0.15) is 11.1 Å². The molecule has 98 valence electrons. The summed E-state index contributed by atoms with van der Waals surface area (Å²) < 4.78 is 18.2. The number of carboxylic acid groups (broad SMARTS) is 1. The number of aliphatic carboxylic acids is 1. The van der Waals surface area contributed by atoms with E-state index in [9.17, 15) is 9.18 Å². The van der Waals surface area contributed by atoms with E-state index in [-0.39, 0.29) is 12.4 Å². The van der Waals surface area contributed by atoms with Gasteiger partial charge in [-0.2, -0.15) is 0 Å². The van der Waals surface area contributed by atoms with Gasteiger partial charge in [0.2, 0.25) is 0 Å². The Balaban J connectivity index is 2.13. The van der Waals surface area contributed by atoms with Gasteiger partial charge in [-0.3, -0.25) is 9.69 Å². The summed E-state index contributed by atoms with van der Waals surface area (Å²) in [5.41, 5.74) is 1.79. The molecule has 1 N–H and O–H groups in total. The van der Waals surface area contributed by atoms with E-state index in [1.54, 1.807) is 6.07 Å². The first-order chi connectivity index (χ1) is 8.58. The van der Waals surface area contributed by atoms with Crippen molar-refractivity contribution in [2.45, 2.75) is 19.5 Å². The number of benzene rings is 1. The van der Waals surface area contributed by atoms with Crippen molar-refractivity contribution in [2.24, 2.45) is 0 Å². The van der Waals surface area contributed by atoms with Gasteiger partial charge < -0.3 is 9.84 Å². The third-order valence-corrected chi connectivity index (χ3v) is 3.20. The minimum Gasteiger partial charge on any atom is -0.480 e. The van der Waals surface area contributed by atoms with Crippen LogP contribution in [0.5, 0.6) is 0 Å². The van der Waals surface area contributed by atoms with Crippen LogP contribution in [-0.2, 0) is 16.1 Å². The molecule has 0 aliphatic carbocycles. The van der Waals surface area contributed by atoms with Crippen molar-refractivity contribution >= 4 is 5.97 Å². The molecule has 1 aliphatic heterocycles. The molecule has 2 rings (SSSR count). The Hall–Kier alpha value is -1.46. The number of carbonyl (C=O) groups is 1. The molecule has 1 heterocycles. The molecule has 4 nitrogen and oxygen atoms in total. The summed E-state index contributed by atoms with van der Waals surface area (Å²) in [6, 6.07) is 3.95. The van der Waals surface area contributed by atoms with Gasteiger partial charge in [0.25, 0.3) is 0 Å². The second-order valence-corrected chi connectivity index (χ2v) is 4.47. The summed E-state index contributed by atoms with van der Waals surface area (Å²) in [5, 5.41) is 9.12. The van der Waals surface area contributed by atoms with Crippen molar-refractivity contribution < 1.29 is 19.0 Å². The summed E-state index contributed by atoms with van der Waals surface area (Å²) in [7, 11) is 0. The molecule has 1 fully saturated rings. The van der Waals surface area contributed by atoms with Crippen LogP contribution in [0.2, 0.25) is 0 Å². The molecule has 1 aromatic carbocycles. The van der Waals surface area contributed by atoms with Crippen LogP contribution >= 0.6 is 0 Å². The van der Waals surface area contributed by atoms with Crippen molar-refractivity contribution in [3.8, 4) is 0 Å². The fourth-order valence-corrected chi connectivity index (χ4v) is 2.11. The van der Waals surface area contributed by atoms with Crippen LogP contribution in [0.4, 0.5) is 4.39 Å². The lowest BCUT2D eigenvalue weighted by Crippen LogP contribution is -2.49. The molecule has 0 amide bonds. The number of morpholine rings is 1. The summed E-state index contributed by atoms with van der Waals surface area (Å²) in [5.74, 6) is -1.15. The molecule has 1 unspecified atom stereocenters. The smallest absolute Gasteiger partial charge is 0.323 e. The molecular weight excluding hydrogens is 237 g/mol. The topological polar surface area (TPSA) is 49.8 Å². The minimum absolute atomic E-state index is 0.204. The zero-order valence-corrected chi connectivity index (χ0v) is 10.2. The molecule has 0 aromatic heterocycles. The highest BCUT2D eigenvalue weighted by atomic mass is 19.1. The molecule has 0 bridgehead atoms. The average molecular weight is 253 g/mol. The predicted octanol–water partition coefficient (Wildman–Crippen LogP) is 1.42. The largest absolute Gasteiger partial charge is 0.480 e. The van der Waals surface area contributed by atoms with Crippen molar-refractivity contribution in [3.05, 3.63) is 35.1 Å². The number of hydrogen-bond donors (Lipinski definition) is 1. The SMILES string of the molecule is Cc1cc(F)ccc1CN1CCOCC1C(=O)O. The molecule has 1 atom stereocenters. The third kappa shape index (κ3) is 2.86. The van der Waals surface area contributed by atoms with Crippen LogP contribution in [0, 0.1) is 12.7 Å². The summed E-state index contributed by atoms with van der Waals surface area (Å²) in [6.45, 7) is 3.65. The fourth-order valence-electron chi connectivity index (χ4n) is 2.11. The maximum atomic E-state index is 13.0. The van der Waals surface area contributed by atoms with E-state index in [4.69, 9.17) is 9.84 Å². The van der Waals surface area contributed by atoms with Gasteiger partial charge in [-0.25, -0.2) is 4.39 Å². The summed E-state index contributed by atoms with van der Waals surface area (Å²) in [4.78, 5) is 13.0. The molecule has 0 spiro atoms. The molecular formula is C13H16FNO3. The normalized spacial score (nSPS) is 20.9. The number of halogens is 1. The number of carboxylic acids is 1. The number of hydrogen-bond acceptors (Lipinski definition) is 3. The Kier molecular flexibility index (Phi) is 3.93. The van der Waals surface area contributed by atoms with Crippen molar-refractivity contribution in [1.29, 1.82) is 0 Å². The molecule has 5 heteroatoms. The lowest BCUT2D eigenvalue weighted by Gasteiger charge is -2.33. The maximum absolute atomic E-state index is 13.0. The highest BCUT2D eigenvalue weighted by Gasteiger charge is 2.29. The van der Waals surface area contributed by atoms with Gasteiger partial charge in [-0.15, -0.1) is 0 Å². The lowest BCUT2D eigenvalue weighted by molar-refractivity contribution is -0.150. The zero-order chi connectivity index (χ0) is 13.1. The first kappa shape index (κ1) is 13.0. The van der Waals surface area contributed by atoms with Crippen LogP contribution < -0.4 is 0 Å². The molecule has 0 saturated carbocycles. The van der Waals surface area contributed by atoms with Gasteiger partial charge in [0.15, 0.2) is 0 Å². The van der Waals surface area contributed by atoms with Crippen LogP contribution in [0.3, 0.4) is 0 Å². The molecule has 1 aromatic rings. The predicted molar refractivity (Wildman–Crippen MR) is 63.8 cm³/mol. The summed E-state index contributed by atoms with van der Waals surface area (Å²) >= 11 is 0. The first-order valence-electron chi connectivity index (χ1n) is 5.87. The Morgan fingerprint density at radius 3 is 3.06 bits per heavy atom. The number of aryl methyl sites for hydroxylation is 1. The van der Waals surface area contributed by atoms with Crippen LogP contribution in [0.15, 0.2) is 18.2 Å². The molecule has 1 saturated heterocycles. The number of rotatable bonds is 3. The van der Waals surface area contributed by atoms with Gasteiger partial charge in [0.05, 0.1) is 13.2 Å². The van der Waals surface area contributed by atoms with E-state index >= 15 is 0 Å². The highest BCUT2D eigenvalue weighted by Crippen LogP contribution is 2.16. The quantitative estimate of drug-likeness (QED) is 0.885. The monoisotopic (exact) mass is 253 g/mol. The van der Waals surface area contributed by atoms with Gasteiger partial charge in [0.1, 0.15) is 11.9 Å². The second-order valence-electron chi connectivity index (χ2n) is 4.47. The van der Waals surface area contributed by atoms with E-state index < -0.39 is 12.0 Å². The van der Waals surface area contributed by atoms with E-state index in [2.05, 4.69) is 0 Å². The van der Waals surface area contributed by atoms with Crippen LogP contribution in [0.25, 0.3) is 0 Å². The fraction of sp³-hybridized carbons (Fsp3) is 0.462. The molecule has 18 heavy (non-hydrogen) atoms. The van der Waals surface area contributed by atoms with Gasteiger partial charge in [-0.1, -0.05) is 6.07 Å². The zero-order valence-electron chi connectivity index (χ0n) is 10.2. The second kappa shape index (κ2) is 5.46. The Labute approximate surface area is 105 Å². The minimum atomic E-state index is -0.880. The Morgan fingerprint density at radius 1 is 1.61 bits per heavy atom. The van der Waals surface area contributed by atoms with Gasteiger partial charge in [0, 0.05) is 13.1 Å². The number of ether oxygens (including phenoxy) is 1. The lowest BCUT2D eigenvalue weighted by atomic mass is 10.1. The Bertz CT molecular complexity index is 450. The summed E-state index contributed by atoms with van der Waals surface area (Å²) in [6.07, 6.45) is 0. The Morgan fingerprint density at radius 2 is 2.39 bits per heavy atom. The maximum Gasteiger partial charge on any atom is 0.323 e. The van der Waals surface area contributed by atoms with Gasteiger partial charge in [-0.05, 0) is 30.2 Å². The van der Waals surface area contributed by atoms with Crippen molar-refractivity contribution in [2.75, 3.05) is 19.8 Å².